The van der Waals surface area contributed by atoms with E-state index in [1.54, 1.807) is 13.0 Å². The molecular formula is C22H24ClN3O4. The van der Waals surface area contributed by atoms with Gasteiger partial charge in [-0.25, -0.2) is 0 Å². The molecule has 0 bridgehead atoms. The van der Waals surface area contributed by atoms with Gasteiger partial charge in [-0.05, 0) is 38.0 Å². The summed E-state index contributed by atoms with van der Waals surface area (Å²) in [6.45, 7) is 4.49. The van der Waals surface area contributed by atoms with Crippen LogP contribution >= 0.6 is 11.6 Å². The Hall–Kier alpha value is -2.90. The van der Waals surface area contributed by atoms with Gasteiger partial charge in [0, 0.05) is 36.5 Å². The predicted molar refractivity (Wildman–Crippen MR) is 114 cm³/mol. The van der Waals surface area contributed by atoms with Crippen molar-refractivity contribution in [1.29, 1.82) is 0 Å². The van der Waals surface area contributed by atoms with Gasteiger partial charge in [-0.15, -0.1) is 0 Å². The summed E-state index contributed by atoms with van der Waals surface area (Å²) >= 11 is 6.08. The second kappa shape index (κ2) is 9.73. The van der Waals surface area contributed by atoms with Gasteiger partial charge in [0.2, 0.25) is 0 Å². The van der Waals surface area contributed by atoms with Gasteiger partial charge in [0.25, 0.3) is 5.91 Å². The van der Waals surface area contributed by atoms with Crippen LogP contribution in [0.4, 0.5) is 0 Å². The number of rotatable bonds is 8. The molecule has 8 heteroatoms. The van der Waals surface area contributed by atoms with Crippen LogP contribution in [0.3, 0.4) is 0 Å². The van der Waals surface area contributed by atoms with E-state index in [4.69, 9.17) is 20.9 Å². The maximum absolute atomic E-state index is 12.9. The molecule has 1 amide bonds. The molecule has 0 unspecified atom stereocenters. The molecule has 1 N–H and O–H groups in total. The Morgan fingerprint density at radius 2 is 2.07 bits per heavy atom. The van der Waals surface area contributed by atoms with E-state index in [0.717, 1.165) is 17.0 Å². The molecule has 7 nitrogen and oxygen atoms in total. The maximum atomic E-state index is 12.9. The Bertz CT molecular complexity index is 1100. The minimum atomic E-state index is -0.474. The molecule has 0 aliphatic rings. The third kappa shape index (κ3) is 5.17. The fourth-order valence-corrected chi connectivity index (χ4v) is 3.57. The van der Waals surface area contributed by atoms with E-state index in [9.17, 15) is 9.59 Å². The summed E-state index contributed by atoms with van der Waals surface area (Å²) < 4.78 is 12.4. The number of nitrogens with zero attached hydrogens (tertiary/aromatic N) is 2. The highest BCUT2D eigenvalue weighted by atomic mass is 35.5. The monoisotopic (exact) mass is 429 g/mol. The van der Waals surface area contributed by atoms with Crippen LogP contribution in [0.1, 0.15) is 38.8 Å². The highest BCUT2D eigenvalue weighted by molar-refractivity contribution is 6.30. The Morgan fingerprint density at radius 3 is 2.73 bits per heavy atom. The highest BCUT2D eigenvalue weighted by Crippen LogP contribution is 2.15. The van der Waals surface area contributed by atoms with Crippen LogP contribution < -0.4 is 10.7 Å². The van der Waals surface area contributed by atoms with Crippen LogP contribution in [0.5, 0.6) is 0 Å². The van der Waals surface area contributed by atoms with Gasteiger partial charge in [0.15, 0.2) is 11.2 Å². The molecule has 1 aromatic carbocycles. The number of benzene rings is 1. The molecule has 0 atom stereocenters. The van der Waals surface area contributed by atoms with Crippen LogP contribution in [0.2, 0.25) is 5.02 Å². The molecule has 0 saturated carbocycles. The van der Waals surface area contributed by atoms with Gasteiger partial charge >= 0.3 is 0 Å². The van der Waals surface area contributed by atoms with Crippen molar-refractivity contribution in [3.05, 3.63) is 85.6 Å². The van der Waals surface area contributed by atoms with Crippen LogP contribution in [-0.2, 0) is 30.9 Å². The van der Waals surface area contributed by atoms with Crippen LogP contribution in [0, 0.1) is 13.8 Å². The molecule has 0 aliphatic heterocycles. The van der Waals surface area contributed by atoms with Crippen molar-refractivity contribution in [3.8, 4) is 0 Å². The number of amides is 1. The van der Waals surface area contributed by atoms with E-state index in [-0.39, 0.29) is 24.1 Å². The van der Waals surface area contributed by atoms with Crippen molar-refractivity contribution in [3.63, 3.8) is 0 Å². The predicted octanol–water partition coefficient (Wildman–Crippen LogP) is 3.43. The number of nitrogens with one attached hydrogen (secondary N) is 1. The van der Waals surface area contributed by atoms with Crippen LogP contribution in [0.25, 0.3) is 0 Å². The molecule has 0 fully saturated rings. The number of methoxy groups -OCH3 is 1. The zero-order valence-electron chi connectivity index (χ0n) is 17.2. The summed E-state index contributed by atoms with van der Waals surface area (Å²) in [6.07, 6.45) is 0.694. The van der Waals surface area contributed by atoms with Crippen molar-refractivity contribution < 1.29 is 14.1 Å². The number of carbonyl (C=O) groups is 1. The number of hydrogen-bond donors (Lipinski definition) is 1. The standard InChI is InChI=1S/C22H24ClN3O4/c1-14-9-18(30-25-14)12-24-22(28)21-19(13-29-3)26(15(2)10-20(21)27)8-7-16-5-4-6-17(23)11-16/h4-6,9-11H,7-8,12-13H2,1-3H3,(H,24,28). The highest BCUT2D eigenvalue weighted by Gasteiger charge is 2.20. The smallest absolute Gasteiger partial charge is 0.257 e. The second-order valence-electron chi connectivity index (χ2n) is 7.05. The molecule has 158 valence electrons. The first kappa shape index (κ1) is 21.8. The van der Waals surface area contributed by atoms with Gasteiger partial charge in [-0.3, -0.25) is 9.59 Å². The lowest BCUT2D eigenvalue weighted by molar-refractivity contribution is 0.0938. The Labute approximate surface area is 179 Å². The lowest BCUT2D eigenvalue weighted by Gasteiger charge is -2.19. The van der Waals surface area contributed by atoms with Crippen molar-refractivity contribution >= 4 is 17.5 Å². The van der Waals surface area contributed by atoms with E-state index in [2.05, 4.69) is 10.5 Å². The molecule has 3 rings (SSSR count). The minimum absolute atomic E-state index is 0.0739. The van der Waals surface area contributed by atoms with Crippen molar-refractivity contribution in [1.82, 2.24) is 15.0 Å². The third-order valence-corrected chi connectivity index (χ3v) is 4.98. The summed E-state index contributed by atoms with van der Waals surface area (Å²) in [6, 6.07) is 10.8. The van der Waals surface area contributed by atoms with E-state index < -0.39 is 5.91 Å². The number of halogens is 1. The third-order valence-electron chi connectivity index (χ3n) is 4.75. The number of ether oxygens (including phenoxy) is 1. The molecule has 30 heavy (non-hydrogen) atoms. The van der Waals surface area contributed by atoms with Crippen molar-refractivity contribution in [2.45, 2.75) is 40.0 Å². The molecule has 0 spiro atoms. The van der Waals surface area contributed by atoms with Gasteiger partial charge in [-0.2, -0.15) is 0 Å². The van der Waals surface area contributed by atoms with E-state index >= 15 is 0 Å². The lowest BCUT2D eigenvalue weighted by atomic mass is 10.1. The molecule has 0 saturated heterocycles. The summed E-state index contributed by atoms with van der Waals surface area (Å²) in [5.41, 5.74) is 2.82. The lowest BCUT2D eigenvalue weighted by Crippen LogP contribution is -2.33. The van der Waals surface area contributed by atoms with E-state index in [1.165, 1.54) is 13.2 Å². The number of aromatic nitrogens is 2. The van der Waals surface area contributed by atoms with Crippen LogP contribution in [0.15, 0.2) is 45.7 Å². The molecular weight excluding hydrogens is 406 g/mol. The quantitative estimate of drug-likeness (QED) is 0.592. The summed E-state index contributed by atoms with van der Waals surface area (Å²) in [4.78, 5) is 25.5. The molecule has 2 heterocycles. The maximum Gasteiger partial charge on any atom is 0.257 e. The first-order chi connectivity index (χ1) is 14.4. The molecule has 2 aromatic heterocycles. The first-order valence-corrected chi connectivity index (χ1v) is 9.94. The SMILES string of the molecule is COCc1c(C(=O)NCc2cc(C)no2)c(=O)cc(C)n1CCc1cccc(Cl)c1. The normalized spacial score (nSPS) is 10.9. The first-order valence-electron chi connectivity index (χ1n) is 9.56. The average Bonchev–Trinajstić information content (AvgIpc) is 3.11. The average molecular weight is 430 g/mol. The summed E-state index contributed by atoms with van der Waals surface area (Å²) in [5, 5.41) is 7.20. The van der Waals surface area contributed by atoms with Crippen molar-refractivity contribution in [2.24, 2.45) is 0 Å². The Balaban J connectivity index is 1.88. The Kier molecular flexibility index (Phi) is 7.07. The molecule has 3 aromatic rings. The van der Waals surface area contributed by atoms with Crippen LogP contribution in [-0.4, -0.2) is 22.7 Å². The number of pyridine rings is 1. The van der Waals surface area contributed by atoms with Gasteiger partial charge < -0.3 is 19.1 Å². The van der Waals surface area contributed by atoms with Gasteiger partial charge in [0.1, 0.15) is 5.56 Å². The summed E-state index contributed by atoms with van der Waals surface area (Å²) in [5.74, 6) is 0.0418. The minimum Gasteiger partial charge on any atom is -0.378 e. The van der Waals surface area contributed by atoms with E-state index in [1.807, 2.05) is 35.8 Å². The number of carbonyl (C=O) groups excluding carboxylic acids is 1. The van der Waals surface area contributed by atoms with Gasteiger partial charge in [-0.1, -0.05) is 28.9 Å². The largest absolute Gasteiger partial charge is 0.378 e. The van der Waals surface area contributed by atoms with E-state index in [0.29, 0.717) is 29.4 Å². The number of hydrogen-bond acceptors (Lipinski definition) is 5. The fourth-order valence-electron chi connectivity index (χ4n) is 3.36. The zero-order valence-corrected chi connectivity index (χ0v) is 18.0. The zero-order chi connectivity index (χ0) is 21.7. The second-order valence-corrected chi connectivity index (χ2v) is 7.49. The molecule has 0 radical (unpaired) electrons. The molecule has 0 aliphatic carbocycles. The van der Waals surface area contributed by atoms with Crippen molar-refractivity contribution in [2.75, 3.05) is 7.11 Å². The Morgan fingerprint density at radius 1 is 1.27 bits per heavy atom. The fraction of sp³-hybridized carbons (Fsp3) is 0.318. The topological polar surface area (TPSA) is 86.4 Å². The number of aryl methyl sites for hydroxylation is 3. The van der Waals surface area contributed by atoms with Gasteiger partial charge in [0.05, 0.1) is 24.5 Å². The summed E-state index contributed by atoms with van der Waals surface area (Å²) in [7, 11) is 1.53.